The molecule has 3 heteroatoms. The van der Waals surface area contributed by atoms with Crippen molar-refractivity contribution in [2.75, 3.05) is 12.1 Å². The van der Waals surface area contributed by atoms with Crippen molar-refractivity contribution in [1.29, 1.82) is 0 Å². The van der Waals surface area contributed by atoms with Gasteiger partial charge >= 0.3 is 0 Å². The largest absolute Gasteiger partial charge is 0.454 e. The third kappa shape index (κ3) is 2.28. The van der Waals surface area contributed by atoms with Gasteiger partial charge in [0.25, 0.3) is 0 Å². The molecule has 1 unspecified atom stereocenters. The van der Waals surface area contributed by atoms with Crippen LogP contribution >= 0.6 is 15.9 Å². The van der Waals surface area contributed by atoms with Crippen LogP contribution in [-0.4, -0.2) is 12.1 Å². The van der Waals surface area contributed by atoms with E-state index in [4.69, 9.17) is 9.47 Å². The smallest absolute Gasteiger partial charge is 0.231 e. The van der Waals surface area contributed by atoms with Gasteiger partial charge in [0.2, 0.25) is 6.79 Å². The number of benzene rings is 1. The van der Waals surface area contributed by atoms with Gasteiger partial charge in [-0.15, -0.1) is 0 Å². The van der Waals surface area contributed by atoms with Crippen molar-refractivity contribution in [1.82, 2.24) is 0 Å². The Morgan fingerprint density at radius 2 is 2.13 bits per heavy atom. The SMILES string of the molecule is CCCC(CBr)c1ccc2c(c1)OCO2. The molecule has 1 heterocycles. The summed E-state index contributed by atoms with van der Waals surface area (Å²) in [4.78, 5) is 0. The first-order valence-electron chi connectivity index (χ1n) is 5.30. The molecule has 0 amide bonds. The highest BCUT2D eigenvalue weighted by Gasteiger charge is 2.16. The van der Waals surface area contributed by atoms with E-state index in [-0.39, 0.29) is 0 Å². The topological polar surface area (TPSA) is 18.5 Å². The third-order valence-corrected chi connectivity index (χ3v) is 3.47. The van der Waals surface area contributed by atoms with Gasteiger partial charge in [-0.05, 0) is 30.0 Å². The van der Waals surface area contributed by atoms with E-state index in [1.807, 2.05) is 6.07 Å². The van der Waals surface area contributed by atoms with E-state index in [2.05, 4.69) is 35.0 Å². The van der Waals surface area contributed by atoms with Gasteiger partial charge in [-0.2, -0.15) is 0 Å². The molecule has 0 spiro atoms. The predicted molar refractivity (Wildman–Crippen MR) is 64.0 cm³/mol. The van der Waals surface area contributed by atoms with Crippen LogP contribution in [0.25, 0.3) is 0 Å². The number of alkyl halides is 1. The lowest BCUT2D eigenvalue weighted by Crippen LogP contribution is -1.99. The second-order valence-corrected chi connectivity index (χ2v) is 4.40. The van der Waals surface area contributed by atoms with Gasteiger partial charge in [-0.25, -0.2) is 0 Å². The zero-order valence-corrected chi connectivity index (χ0v) is 10.4. The predicted octanol–water partition coefficient (Wildman–Crippen LogP) is 3.69. The minimum absolute atomic E-state index is 0.353. The summed E-state index contributed by atoms with van der Waals surface area (Å²) < 4.78 is 10.7. The Labute approximate surface area is 98.7 Å². The molecule has 1 aromatic carbocycles. The molecule has 0 saturated carbocycles. The first kappa shape index (κ1) is 10.8. The minimum Gasteiger partial charge on any atom is -0.454 e. The second-order valence-electron chi connectivity index (χ2n) is 3.75. The molecular formula is C12H15BrO2. The molecule has 0 N–H and O–H groups in total. The van der Waals surface area contributed by atoms with Gasteiger partial charge in [-0.3, -0.25) is 0 Å². The van der Waals surface area contributed by atoms with Gasteiger partial charge in [-0.1, -0.05) is 35.3 Å². The lowest BCUT2D eigenvalue weighted by molar-refractivity contribution is 0.174. The van der Waals surface area contributed by atoms with E-state index in [1.165, 1.54) is 18.4 Å². The number of rotatable bonds is 4. The normalized spacial score (nSPS) is 15.3. The summed E-state index contributed by atoms with van der Waals surface area (Å²) in [6.07, 6.45) is 2.40. The molecule has 0 aromatic heterocycles. The number of hydrogen-bond acceptors (Lipinski definition) is 2. The lowest BCUT2D eigenvalue weighted by atomic mass is 9.96. The third-order valence-electron chi connectivity index (χ3n) is 2.69. The molecule has 0 fully saturated rings. The van der Waals surface area contributed by atoms with E-state index >= 15 is 0 Å². The molecule has 82 valence electrons. The van der Waals surface area contributed by atoms with Crippen molar-refractivity contribution in [3.05, 3.63) is 23.8 Å². The van der Waals surface area contributed by atoms with Crippen LogP contribution in [0, 0.1) is 0 Å². The molecule has 1 aromatic rings. The highest BCUT2D eigenvalue weighted by molar-refractivity contribution is 9.09. The van der Waals surface area contributed by atoms with Crippen LogP contribution in [0.2, 0.25) is 0 Å². The first-order chi connectivity index (χ1) is 7.35. The van der Waals surface area contributed by atoms with Crippen molar-refractivity contribution in [3.8, 4) is 11.5 Å². The molecule has 2 nitrogen and oxygen atoms in total. The molecule has 0 aliphatic carbocycles. The molecule has 2 rings (SSSR count). The van der Waals surface area contributed by atoms with Crippen LogP contribution in [0.1, 0.15) is 31.2 Å². The molecule has 1 atom stereocenters. The van der Waals surface area contributed by atoms with E-state index < -0.39 is 0 Å². The highest BCUT2D eigenvalue weighted by Crippen LogP contribution is 2.36. The molecule has 15 heavy (non-hydrogen) atoms. The summed E-state index contributed by atoms with van der Waals surface area (Å²) in [6, 6.07) is 6.24. The Morgan fingerprint density at radius 3 is 2.87 bits per heavy atom. The number of hydrogen-bond donors (Lipinski definition) is 0. The average Bonchev–Trinajstić information content (AvgIpc) is 2.72. The van der Waals surface area contributed by atoms with Crippen molar-refractivity contribution in [2.24, 2.45) is 0 Å². The van der Waals surface area contributed by atoms with E-state index in [9.17, 15) is 0 Å². The van der Waals surface area contributed by atoms with Crippen LogP contribution in [0.5, 0.6) is 11.5 Å². The van der Waals surface area contributed by atoms with Crippen LogP contribution < -0.4 is 9.47 Å². The lowest BCUT2D eigenvalue weighted by Gasteiger charge is -2.13. The number of ether oxygens (including phenoxy) is 2. The summed E-state index contributed by atoms with van der Waals surface area (Å²) in [7, 11) is 0. The van der Waals surface area contributed by atoms with Crippen LogP contribution in [0.15, 0.2) is 18.2 Å². The van der Waals surface area contributed by atoms with Crippen molar-refractivity contribution < 1.29 is 9.47 Å². The summed E-state index contributed by atoms with van der Waals surface area (Å²) in [6.45, 7) is 2.56. The standard InChI is InChI=1S/C12H15BrO2/c1-2-3-10(7-13)9-4-5-11-12(6-9)15-8-14-11/h4-6,10H,2-3,7-8H2,1H3. The Hall–Kier alpha value is -0.700. The van der Waals surface area contributed by atoms with Gasteiger partial charge in [0.15, 0.2) is 11.5 Å². The van der Waals surface area contributed by atoms with E-state index in [1.54, 1.807) is 0 Å². The Bertz CT molecular complexity index is 338. The van der Waals surface area contributed by atoms with Crippen molar-refractivity contribution >= 4 is 15.9 Å². The van der Waals surface area contributed by atoms with E-state index in [0.717, 1.165) is 16.8 Å². The summed E-state index contributed by atoms with van der Waals surface area (Å²) >= 11 is 3.56. The number of halogens is 1. The minimum atomic E-state index is 0.353. The summed E-state index contributed by atoms with van der Waals surface area (Å²) in [5.74, 6) is 2.32. The summed E-state index contributed by atoms with van der Waals surface area (Å²) in [5, 5.41) is 1.00. The molecular weight excluding hydrogens is 256 g/mol. The summed E-state index contributed by atoms with van der Waals surface area (Å²) in [5.41, 5.74) is 1.33. The fraction of sp³-hybridized carbons (Fsp3) is 0.500. The van der Waals surface area contributed by atoms with Gasteiger partial charge in [0.1, 0.15) is 0 Å². The van der Waals surface area contributed by atoms with Crippen LogP contribution in [0.3, 0.4) is 0 Å². The van der Waals surface area contributed by atoms with Gasteiger partial charge in [0.05, 0.1) is 0 Å². The van der Waals surface area contributed by atoms with Crippen molar-refractivity contribution in [2.45, 2.75) is 25.7 Å². The molecule has 0 bridgehead atoms. The Balaban J connectivity index is 2.20. The maximum Gasteiger partial charge on any atom is 0.231 e. The maximum absolute atomic E-state index is 5.37. The van der Waals surface area contributed by atoms with Gasteiger partial charge < -0.3 is 9.47 Å². The second kappa shape index (κ2) is 4.88. The first-order valence-corrected chi connectivity index (χ1v) is 6.42. The van der Waals surface area contributed by atoms with Crippen molar-refractivity contribution in [3.63, 3.8) is 0 Å². The fourth-order valence-corrected chi connectivity index (χ4v) is 2.55. The molecule has 1 aliphatic heterocycles. The zero-order chi connectivity index (χ0) is 10.7. The maximum atomic E-state index is 5.37. The zero-order valence-electron chi connectivity index (χ0n) is 8.83. The van der Waals surface area contributed by atoms with Crippen LogP contribution in [-0.2, 0) is 0 Å². The highest BCUT2D eigenvalue weighted by atomic mass is 79.9. The molecule has 1 aliphatic rings. The molecule has 0 radical (unpaired) electrons. The quantitative estimate of drug-likeness (QED) is 0.777. The molecule has 0 saturated heterocycles. The monoisotopic (exact) mass is 270 g/mol. The fourth-order valence-electron chi connectivity index (χ4n) is 1.85. The van der Waals surface area contributed by atoms with Crippen LogP contribution in [0.4, 0.5) is 0 Å². The Kier molecular flexibility index (Phi) is 3.52. The average molecular weight is 271 g/mol. The van der Waals surface area contributed by atoms with Gasteiger partial charge in [0, 0.05) is 5.33 Å². The number of fused-ring (bicyclic) bond motifs is 1. The van der Waals surface area contributed by atoms with E-state index in [0.29, 0.717) is 12.7 Å². The Morgan fingerprint density at radius 1 is 1.33 bits per heavy atom.